The Balaban J connectivity index is 2.07. The fourth-order valence-electron chi connectivity index (χ4n) is 2.25. The van der Waals surface area contributed by atoms with E-state index in [0.29, 0.717) is 10.0 Å². The second-order valence-corrected chi connectivity index (χ2v) is 5.44. The molecule has 3 nitrogen and oxygen atoms in total. The zero-order valence-corrected chi connectivity index (χ0v) is 11.7. The third-order valence-electron chi connectivity index (χ3n) is 3.23. The molecular formula is C13H18Cl2N2O. The van der Waals surface area contributed by atoms with Crippen LogP contribution in [0.15, 0.2) is 18.2 Å². The van der Waals surface area contributed by atoms with E-state index in [4.69, 9.17) is 23.2 Å². The molecule has 1 fully saturated rings. The molecule has 0 saturated carbocycles. The first-order valence-electron chi connectivity index (χ1n) is 6.20. The first-order valence-corrected chi connectivity index (χ1v) is 6.96. The molecule has 1 saturated heterocycles. The molecule has 0 bridgehead atoms. The predicted octanol–water partition coefficient (Wildman–Crippen LogP) is 2.15. The van der Waals surface area contributed by atoms with Gasteiger partial charge in [0.05, 0.1) is 6.61 Å². The molecule has 0 radical (unpaired) electrons. The minimum atomic E-state index is 0.133. The van der Waals surface area contributed by atoms with E-state index in [-0.39, 0.29) is 12.6 Å². The molecule has 0 amide bonds. The zero-order chi connectivity index (χ0) is 13.0. The van der Waals surface area contributed by atoms with Gasteiger partial charge in [0.2, 0.25) is 0 Å². The number of nitrogens with one attached hydrogen (secondary N) is 1. The molecule has 0 aliphatic carbocycles. The molecule has 18 heavy (non-hydrogen) atoms. The highest BCUT2D eigenvalue weighted by Gasteiger charge is 2.18. The van der Waals surface area contributed by atoms with Crippen molar-refractivity contribution in [1.29, 1.82) is 0 Å². The summed E-state index contributed by atoms with van der Waals surface area (Å²) < 4.78 is 0. The lowest BCUT2D eigenvalue weighted by atomic mass is 10.2. The van der Waals surface area contributed by atoms with E-state index < -0.39 is 0 Å². The van der Waals surface area contributed by atoms with Crippen LogP contribution in [0, 0.1) is 0 Å². The van der Waals surface area contributed by atoms with Crippen molar-refractivity contribution in [2.45, 2.75) is 19.0 Å². The monoisotopic (exact) mass is 288 g/mol. The van der Waals surface area contributed by atoms with Crippen molar-refractivity contribution < 1.29 is 5.11 Å². The molecule has 1 unspecified atom stereocenters. The Morgan fingerprint density at radius 2 is 2.06 bits per heavy atom. The van der Waals surface area contributed by atoms with E-state index in [2.05, 4.69) is 10.2 Å². The highest BCUT2D eigenvalue weighted by Crippen LogP contribution is 2.26. The Kier molecular flexibility index (Phi) is 5.27. The van der Waals surface area contributed by atoms with Crippen LogP contribution in [0.3, 0.4) is 0 Å². The summed E-state index contributed by atoms with van der Waals surface area (Å²) in [4.78, 5) is 2.29. The van der Waals surface area contributed by atoms with Crippen LogP contribution >= 0.6 is 23.2 Å². The van der Waals surface area contributed by atoms with Crippen LogP contribution in [-0.4, -0.2) is 42.3 Å². The van der Waals surface area contributed by atoms with Gasteiger partial charge < -0.3 is 10.4 Å². The van der Waals surface area contributed by atoms with E-state index in [1.54, 1.807) is 0 Å². The summed E-state index contributed by atoms with van der Waals surface area (Å²) in [6.07, 6.45) is 1.07. The SMILES string of the molecule is OCC1CN(Cc2c(Cl)cccc2Cl)CCCN1. The smallest absolute Gasteiger partial charge is 0.0597 e. The summed E-state index contributed by atoms with van der Waals surface area (Å²) in [6.45, 7) is 3.64. The summed E-state index contributed by atoms with van der Waals surface area (Å²) in [7, 11) is 0. The van der Waals surface area contributed by atoms with Crippen LogP contribution in [0.25, 0.3) is 0 Å². The fraction of sp³-hybridized carbons (Fsp3) is 0.538. The highest BCUT2D eigenvalue weighted by molar-refractivity contribution is 6.35. The average Bonchev–Trinajstić information content (AvgIpc) is 2.59. The van der Waals surface area contributed by atoms with E-state index in [9.17, 15) is 5.11 Å². The van der Waals surface area contributed by atoms with Crippen molar-refractivity contribution >= 4 is 23.2 Å². The van der Waals surface area contributed by atoms with E-state index in [1.807, 2.05) is 18.2 Å². The van der Waals surface area contributed by atoms with Crippen molar-refractivity contribution in [2.75, 3.05) is 26.2 Å². The number of halogens is 2. The topological polar surface area (TPSA) is 35.5 Å². The third-order valence-corrected chi connectivity index (χ3v) is 3.93. The minimum Gasteiger partial charge on any atom is -0.395 e. The molecule has 5 heteroatoms. The largest absolute Gasteiger partial charge is 0.395 e. The minimum absolute atomic E-state index is 0.133. The zero-order valence-electron chi connectivity index (χ0n) is 10.2. The van der Waals surface area contributed by atoms with Crippen molar-refractivity contribution in [3.05, 3.63) is 33.8 Å². The van der Waals surface area contributed by atoms with Crippen LogP contribution in [0.2, 0.25) is 10.0 Å². The lowest BCUT2D eigenvalue weighted by molar-refractivity contribution is 0.196. The van der Waals surface area contributed by atoms with Gasteiger partial charge in [0.1, 0.15) is 0 Å². The molecule has 1 aromatic rings. The van der Waals surface area contributed by atoms with Gasteiger partial charge in [-0.25, -0.2) is 0 Å². The summed E-state index contributed by atoms with van der Waals surface area (Å²) in [5, 5.41) is 14.0. The van der Waals surface area contributed by atoms with Crippen LogP contribution < -0.4 is 5.32 Å². The molecule has 2 rings (SSSR count). The maximum Gasteiger partial charge on any atom is 0.0597 e. The Labute approximate surface area is 118 Å². The number of hydrogen-bond acceptors (Lipinski definition) is 3. The highest BCUT2D eigenvalue weighted by atomic mass is 35.5. The second kappa shape index (κ2) is 6.73. The Morgan fingerprint density at radius 3 is 2.72 bits per heavy atom. The maximum absolute atomic E-state index is 9.27. The number of aliphatic hydroxyl groups is 1. The van der Waals surface area contributed by atoms with Crippen LogP contribution in [-0.2, 0) is 6.54 Å². The lowest BCUT2D eigenvalue weighted by Crippen LogP contribution is -2.40. The molecule has 1 aromatic carbocycles. The van der Waals surface area contributed by atoms with Gasteiger partial charge in [0.25, 0.3) is 0 Å². The number of aliphatic hydroxyl groups excluding tert-OH is 1. The molecular weight excluding hydrogens is 271 g/mol. The molecule has 0 spiro atoms. The summed E-state index contributed by atoms with van der Waals surface area (Å²) in [5.74, 6) is 0. The summed E-state index contributed by atoms with van der Waals surface area (Å²) in [5.41, 5.74) is 0.972. The van der Waals surface area contributed by atoms with Gasteiger partial charge in [-0.05, 0) is 31.6 Å². The van der Waals surface area contributed by atoms with Gasteiger partial charge in [0.15, 0.2) is 0 Å². The van der Waals surface area contributed by atoms with Crippen molar-refractivity contribution in [3.8, 4) is 0 Å². The molecule has 1 aliphatic rings. The van der Waals surface area contributed by atoms with Gasteiger partial charge in [-0.1, -0.05) is 29.3 Å². The van der Waals surface area contributed by atoms with Gasteiger partial charge in [0, 0.05) is 34.7 Å². The number of rotatable bonds is 3. The molecule has 1 aliphatic heterocycles. The van der Waals surface area contributed by atoms with E-state index >= 15 is 0 Å². The Morgan fingerprint density at radius 1 is 1.33 bits per heavy atom. The van der Waals surface area contributed by atoms with Gasteiger partial charge in [-0.3, -0.25) is 4.90 Å². The second-order valence-electron chi connectivity index (χ2n) is 4.62. The molecule has 2 N–H and O–H groups in total. The molecule has 1 atom stereocenters. The van der Waals surface area contributed by atoms with E-state index in [1.165, 1.54) is 0 Å². The predicted molar refractivity (Wildman–Crippen MR) is 75.2 cm³/mol. The van der Waals surface area contributed by atoms with Crippen LogP contribution in [0.5, 0.6) is 0 Å². The van der Waals surface area contributed by atoms with Crippen LogP contribution in [0.4, 0.5) is 0 Å². The molecule has 100 valence electrons. The number of hydrogen-bond donors (Lipinski definition) is 2. The quantitative estimate of drug-likeness (QED) is 0.895. The summed E-state index contributed by atoms with van der Waals surface area (Å²) in [6, 6.07) is 5.72. The van der Waals surface area contributed by atoms with Gasteiger partial charge in [-0.2, -0.15) is 0 Å². The van der Waals surface area contributed by atoms with Gasteiger partial charge in [-0.15, -0.1) is 0 Å². The van der Waals surface area contributed by atoms with E-state index in [0.717, 1.165) is 38.2 Å². The Hall–Kier alpha value is -0.320. The van der Waals surface area contributed by atoms with Crippen molar-refractivity contribution in [2.24, 2.45) is 0 Å². The standard InChI is InChI=1S/C13H18Cl2N2O/c14-12-3-1-4-13(15)11(12)8-17-6-2-5-16-10(7-17)9-18/h1,3-4,10,16,18H,2,5-9H2. The Bertz CT molecular complexity index is 380. The molecule has 0 aromatic heterocycles. The fourth-order valence-corrected chi connectivity index (χ4v) is 2.77. The normalized spacial score (nSPS) is 21.8. The first-order chi connectivity index (χ1) is 8.70. The summed E-state index contributed by atoms with van der Waals surface area (Å²) >= 11 is 12.4. The van der Waals surface area contributed by atoms with Gasteiger partial charge >= 0.3 is 0 Å². The number of nitrogens with zero attached hydrogens (tertiary/aromatic N) is 1. The van der Waals surface area contributed by atoms with Crippen LogP contribution in [0.1, 0.15) is 12.0 Å². The molecule has 1 heterocycles. The first kappa shape index (κ1) is 14.1. The third kappa shape index (κ3) is 3.59. The maximum atomic E-state index is 9.27. The number of benzene rings is 1. The van der Waals surface area contributed by atoms with Crippen molar-refractivity contribution in [3.63, 3.8) is 0 Å². The lowest BCUT2D eigenvalue weighted by Gasteiger charge is -2.24. The average molecular weight is 289 g/mol. The van der Waals surface area contributed by atoms with Crippen molar-refractivity contribution in [1.82, 2.24) is 10.2 Å².